The Morgan fingerprint density at radius 1 is 0.900 bits per heavy atom. The summed E-state index contributed by atoms with van der Waals surface area (Å²) in [5, 5.41) is 19.4. The van der Waals surface area contributed by atoms with Gasteiger partial charge in [-0.15, -0.1) is 0 Å². The quantitative estimate of drug-likeness (QED) is 0.604. The summed E-state index contributed by atoms with van der Waals surface area (Å²) in [4.78, 5) is 0. The fourth-order valence-electron chi connectivity index (χ4n) is 2.93. The summed E-state index contributed by atoms with van der Waals surface area (Å²) in [5.74, 6) is 1.98. The SMILES string of the molecule is CCCC(CC)CCC(CC)Cc1cc(O)ccc1O. The lowest BCUT2D eigenvalue weighted by atomic mass is 9.86. The lowest BCUT2D eigenvalue weighted by Crippen LogP contribution is -2.07. The fraction of sp³-hybridized carbons (Fsp3) is 0.667. The van der Waals surface area contributed by atoms with Crippen molar-refractivity contribution in [2.24, 2.45) is 11.8 Å². The van der Waals surface area contributed by atoms with Gasteiger partial charge in [-0.2, -0.15) is 0 Å². The van der Waals surface area contributed by atoms with Gasteiger partial charge in [0.15, 0.2) is 0 Å². The predicted molar refractivity (Wildman–Crippen MR) is 85.2 cm³/mol. The van der Waals surface area contributed by atoms with E-state index in [1.54, 1.807) is 12.1 Å². The second kappa shape index (κ2) is 8.89. The molecule has 0 radical (unpaired) electrons. The van der Waals surface area contributed by atoms with Crippen LogP contribution in [-0.2, 0) is 6.42 Å². The highest BCUT2D eigenvalue weighted by atomic mass is 16.3. The number of hydrogen-bond donors (Lipinski definition) is 2. The Hall–Kier alpha value is -1.18. The van der Waals surface area contributed by atoms with Crippen LogP contribution < -0.4 is 0 Å². The molecule has 0 aliphatic rings. The van der Waals surface area contributed by atoms with Gasteiger partial charge >= 0.3 is 0 Å². The highest BCUT2D eigenvalue weighted by Crippen LogP contribution is 2.29. The molecule has 2 nitrogen and oxygen atoms in total. The zero-order chi connectivity index (χ0) is 15.0. The van der Waals surface area contributed by atoms with Crippen molar-refractivity contribution in [3.05, 3.63) is 23.8 Å². The topological polar surface area (TPSA) is 40.5 Å². The van der Waals surface area contributed by atoms with Gasteiger partial charge in [-0.05, 0) is 48.4 Å². The summed E-state index contributed by atoms with van der Waals surface area (Å²) in [6.45, 7) is 6.75. The fourth-order valence-corrected chi connectivity index (χ4v) is 2.93. The molecule has 0 amide bonds. The second-order valence-electron chi connectivity index (χ2n) is 5.93. The molecule has 2 atom stereocenters. The summed E-state index contributed by atoms with van der Waals surface area (Å²) < 4.78 is 0. The highest BCUT2D eigenvalue weighted by molar-refractivity contribution is 5.38. The first-order chi connectivity index (χ1) is 9.60. The van der Waals surface area contributed by atoms with Crippen molar-refractivity contribution in [3.8, 4) is 11.5 Å². The van der Waals surface area contributed by atoms with E-state index in [0.29, 0.717) is 11.7 Å². The Morgan fingerprint density at radius 3 is 2.15 bits per heavy atom. The Kier molecular flexibility index (Phi) is 7.50. The van der Waals surface area contributed by atoms with Crippen molar-refractivity contribution in [1.29, 1.82) is 0 Å². The molecule has 2 unspecified atom stereocenters. The lowest BCUT2D eigenvalue weighted by molar-refractivity contribution is 0.354. The maximum atomic E-state index is 9.88. The standard InChI is InChI=1S/C18H30O2/c1-4-7-14(5-2)8-9-15(6-3)12-16-13-17(19)10-11-18(16)20/h10-11,13-15,19-20H,4-9,12H2,1-3H3. The normalized spacial score (nSPS) is 14.2. The molecule has 0 aromatic heterocycles. The molecule has 0 fully saturated rings. The van der Waals surface area contributed by atoms with Crippen molar-refractivity contribution < 1.29 is 10.2 Å². The predicted octanol–water partition coefficient (Wildman–Crippen LogP) is 5.27. The van der Waals surface area contributed by atoms with Gasteiger partial charge in [0, 0.05) is 0 Å². The van der Waals surface area contributed by atoms with E-state index >= 15 is 0 Å². The van der Waals surface area contributed by atoms with Crippen molar-refractivity contribution in [2.45, 2.75) is 65.7 Å². The molecule has 1 rings (SSSR count). The van der Waals surface area contributed by atoms with Crippen LogP contribution in [0.1, 0.15) is 64.9 Å². The third kappa shape index (κ3) is 5.44. The minimum Gasteiger partial charge on any atom is -0.508 e. The Balaban J connectivity index is 2.56. The number of rotatable bonds is 9. The zero-order valence-electron chi connectivity index (χ0n) is 13.2. The first-order valence-electron chi connectivity index (χ1n) is 8.11. The molecule has 1 aromatic carbocycles. The van der Waals surface area contributed by atoms with E-state index in [1.807, 2.05) is 0 Å². The van der Waals surface area contributed by atoms with Gasteiger partial charge in [0.2, 0.25) is 0 Å². The third-order valence-electron chi connectivity index (χ3n) is 4.41. The Bertz CT molecular complexity index is 387. The van der Waals surface area contributed by atoms with Crippen molar-refractivity contribution in [3.63, 3.8) is 0 Å². The Labute approximate surface area is 123 Å². The lowest BCUT2D eigenvalue weighted by Gasteiger charge is -2.20. The minimum atomic E-state index is 0.241. The molecular formula is C18H30O2. The first-order valence-corrected chi connectivity index (χ1v) is 8.11. The number of phenols is 2. The van der Waals surface area contributed by atoms with E-state index in [0.717, 1.165) is 24.3 Å². The average molecular weight is 278 g/mol. The van der Waals surface area contributed by atoms with Crippen LogP contribution in [0.2, 0.25) is 0 Å². The molecule has 2 N–H and O–H groups in total. The van der Waals surface area contributed by atoms with E-state index in [9.17, 15) is 10.2 Å². The first kappa shape index (κ1) is 16.9. The summed E-state index contributed by atoms with van der Waals surface area (Å²) in [7, 11) is 0. The molecular weight excluding hydrogens is 248 g/mol. The minimum absolute atomic E-state index is 0.241. The smallest absolute Gasteiger partial charge is 0.119 e. The van der Waals surface area contributed by atoms with Crippen LogP contribution in [0.4, 0.5) is 0 Å². The van der Waals surface area contributed by atoms with Crippen LogP contribution in [-0.4, -0.2) is 10.2 Å². The molecule has 1 aromatic rings. The molecule has 114 valence electrons. The molecule has 0 heterocycles. The summed E-state index contributed by atoms with van der Waals surface area (Å²) in [5.41, 5.74) is 0.875. The van der Waals surface area contributed by atoms with Crippen LogP contribution in [0.5, 0.6) is 11.5 Å². The van der Waals surface area contributed by atoms with Crippen LogP contribution >= 0.6 is 0 Å². The van der Waals surface area contributed by atoms with Gasteiger partial charge in [-0.1, -0.05) is 52.9 Å². The summed E-state index contributed by atoms with van der Waals surface area (Å²) in [6, 6.07) is 4.82. The van der Waals surface area contributed by atoms with E-state index in [4.69, 9.17) is 0 Å². The molecule has 20 heavy (non-hydrogen) atoms. The molecule has 0 saturated heterocycles. The molecule has 0 spiro atoms. The average Bonchev–Trinajstić information content (AvgIpc) is 2.45. The van der Waals surface area contributed by atoms with Gasteiger partial charge < -0.3 is 10.2 Å². The summed E-state index contributed by atoms with van der Waals surface area (Å²) in [6.07, 6.45) is 8.33. The highest BCUT2D eigenvalue weighted by Gasteiger charge is 2.14. The summed E-state index contributed by atoms with van der Waals surface area (Å²) >= 11 is 0. The largest absolute Gasteiger partial charge is 0.508 e. The molecule has 0 bridgehead atoms. The number of hydrogen-bond acceptors (Lipinski definition) is 2. The van der Waals surface area contributed by atoms with E-state index in [2.05, 4.69) is 20.8 Å². The third-order valence-corrected chi connectivity index (χ3v) is 4.41. The molecule has 0 aliphatic carbocycles. The van der Waals surface area contributed by atoms with Crippen LogP contribution in [0.15, 0.2) is 18.2 Å². The van der Waals surface area contributed by atoms with Gasteiger partial charge in [-0.25, -0.2) is 0 Å². The Morgan fingerprint density at radius 2 is 1.55 bits per heavy atom. The van der Waals surface area contributed by atoms with Crippen LogP contribution in [0.3, 0.4) is 0 Å². The zero-order valence-corrected chi connectivity index (χ0v) is 13.2. The number of benzene rings is 1. The van der Waals surface area contributed by atoms with E-state index in [-0.39, 0.29) is 5.75 Å². The van der Waals surface area contributed by atoms with Gasteiger partial charge in [0.1, 0.15) is 11.5 Å². The van der Waals surface area contributed by atoms with Gasteiger partial charge in [0.05, 0.1) is 0 Å². The van der Waals surface area contributed by atoms with Crippen molar-refractivity contribution >= 4 is 0 Å². The van der Waals surface area contributed by atoms with Crippen LogP contribution in [0.25, 0.3) is 0 Å². The van der Waals surface area contributed by atoms with E-state index in [1.165, 1.54) is 38.2 Å². The molecule has 0 saturated carbocycles. The molecule has 2 heteroatoms. The van der Waals surface area contributed by atoms with Gasteiger partial charge in [-0.3, -0.25) is 0 Å². The maximum absolute atomic E-state index is 9.88. The van der Waals surface area contributed by atoms with Crippen molar-refractivity contribution in [1.82, 2.24) is 0 Å². The van der Waals surface area contributed by atoms with Gasteiger partial charge in [0.25, 0.3) is 0 Å². The number of aromatic hydroxyl groups is 2. The number of phenolic OH excluding ortho intramolecular Hbond substituents is 2. The maximum Gasteiger partial charge on any atom is 0.119 e. The monoisotopic (exact) mass is 278 g/mol. The van der Waals surface area contributed by atoms with Crippen LogP contribution in [0, 0.1) is 11.8 Å². The molecule has 0 aliphatic heterocycles. The second-order valence-corrected chi connectivity index (χ2v) is 5.93. The van der Waals surface area contributed by atoms with E-state index < -0.39 is 0 Å². The van der Waals surface area contributed by atoms with Crippen molar-refractivity contribution in [2.75, 3.05) is 0 Å².